The largest absolute Gasteiger partial charge is 0.399 e. The van der Waals surface area contributed by atoms with Crippen LogP contribution in [0.25, 0.3) is 0 Å². The predicted octanol–water partition coefficient (Wildman–Crippen LogP) is 3.65. The van der Waals surface area contributed by atoms with E-state index < -0.39 is 33.1 Å². The van der Waals surface area contributed by atoms with Gasteiger partial charge in [-0.2, -0.15) is 0 Å². The van der Waals surface area contributed by atoms with Crippen LogP contribution in [0.3, 0.4) is 0 Å². The van der Waals surface area contributed by atoms with Crippen LogP contribution in [0, 0.1) is 17.5 Å². The molecule has 20 heavy (non-hydrogen) atoms. The van der Waals surface area contributed by atoms with E-state index in [4.69, 9.17) is 17.3 Å². The van der Waals surface area contributed by atoms with Crippen LogP contribution in [-0.2, 0) is 16.6 Å². The van der Waals surface area contributed by atoms with Crippen molar-refractivity contribution in [1.29, 1.82) is 0 Å². The lowest BCUT2D eigenvalue weighted by Gasteiger charge is -2.08. The van der Waals surface area contributed by atoms with Crippen LogP contribution in [0.2, 0.25) is 5.02 Å². The standard InChI is InChI=1S/C13H9ClF3NOS/c14-9-3-1-2-7(12(9)17)6-20(19)13-10(15)4-8(18)5-11(13)16/h1-5H,6,18H2. The van der Waals surface area contributed by atoms with Gasteiger partial charge in [0.15, 0.2) is 0 Å². The van der Waals surface area contributed by atoms with Crippen LogP contribution in [0.1, 0.15) is 5.56 Å². The van der Waals surface area contributed by atoms with Gasteiger partial charge < -0.3 is 5.73 Å². The molecule has 2 nitrogen and oxygen atoms in total. The van der Waals surface area contributed by atoms with Crippen molar-refractivity contribution >= 4 is 28.1 Å². The van der Waals surface area contributed by atoms with E-state index in [0.717, 1.165) is 12.1 Å². The lowest BCUT2D eigenvalue weighted by molar-refractivity contribution is 0.535. The normalized spacial score (nSPS) is 12.4. The predicted molar refractivity (Wildman–Crippen MR) is 72.3 cm³/mol. The highest BCUT2D eigenvalue weighted by molar-refractivity contribution is 7.84. The Bertz CT molecular complexity index is 670. The molecule has 0 saturated carbocycles. The molecule has 0 aliphatic carbocycles. The van der Waals surface area contributed by atoms with Crippen molar-refractivity contribution in [3.8, 4) is 0 Å². The van der Waals surface area contributed by atoms with Gasteiger partial charge in [0.05, 0.1) is 21.6 Å². The number of hydrogen-bond donors (Lipinski definition) is 1. The average Bonchev–Trinajstić information content (AvgIpc) is 2.33. The minimum atomic E-state index is -2.09. The number of nitrogen functional groups attached to an aromatic ring is 1. The fraction of sp³-hybridized carbons (Fsp3) is 0.0769. The maximum Gasteiger partial charge on any atom is 0.145 e. The van der Waals surface area contributed by atoms with Crippen LogP contribution >= 0.6 is 11.6 Å². The first-order valence-electron chi connectivity index (χ1n) is 5.46. The molecule has 2 rings (SSSR count). The molecule has 0 aliphatic rings. The minimum absolute atomic E-state index is 0.0199. The molecular weight excluding hydrogens is 311 g/mol. The third kappa shape index (κ3) is 2.96. The second-order valence-corrected chi connectivity index (χ2v) is 5.81. The van der Waals surface area contributed by atoms with Gasteiger partial charge in [0.25, 0.3) is 0 Å². The number of rotatable bonds is 3. The molecule has 1 atom stereocenters. The van der Waals surface area contributed by atoms with Crippen molar-refractivity contribution in [2.45, 2.75) is 10.6 Å². The fourth-order valence-electron chi connectivity index (χ4n) is 1.67. The highest BCUT2D eigenvalue weighted by Crippen LogP contribution is 2.25. The number of nitrogens with two attached hydrogens (primary N) is 1. The number of anilines is 1. The molecule has 0 saturated heterocycles. The Morgan fingerprint density at radius 1 is 1.15 bits per heavy atom. The summed E-state index contributed by atoms with van der Waals surface area (Å²) in [7, 11) is -2.09. The lowest BCUT2D eigenvalue weighted by Crippen LogP contribution is -2.05. The monoisotopic (exact) mass is 319 g/mol. The molecule has 2 aromatic rings. The third-order valence-corrected chi connectivity index (χ3v) is 4.28. The number of benzene rings is 2. The molecule has 7 heteroatoms. The van der Waals surface area contributed by atoms with Gasteiger partial charge in [-0.1, -0.05) is 23.7 Å². The molecular formula is C13H9ClF3NOS. The Morgan fingerprint density at radius 2 is 1.75 bits per heavy atom. The van der Waals surface area contributed by atoms with Gasteiger partial charge in [-0.05, 0) is 18.2 Å². The Labute approximate surface area is 120 Å². The van der Waals surface area contributed by atoms with Crippen LogP contribution < -0.4 is 5.73 Å². The van der Waals surface area contributed by atoms with Gasteiger partial charge in [0, 0.05) is 11.3 Å². The maximum absolute atomic E-state index is 13.7. The van der Waals surface area contributed by atoms with Crippen molar-refractivity contribution in [2.75, 3.05) is 5.73 Å². The molecule has 1 unspecified atom stereocenters. The molecule has 0 radical (unpaired) electrons. The average molecular weight is 320 g/mol. The Balaban J connectivity index is 2.36. The Hall–Kier alpha value is -1.53. The van der Waals surface area contributed by atoms with Crippen molar-refractivity contribution in [3.05, 3.63) is 58.4 Å². The first kappa shape index (κ1) is 14.9. The van der Waals surface area contributed by atoms with E-state index in [-0.39, 0.29) is 22.0 Å². The SMILES string of the molecule is Nc1cc(F)c(S(=O)Cc2cccc(Cl)c2F)c(F)c1. The van der Waals surface area contributed by atoms with Gasteiger partial charge in [-0.25, -0.2) is 13.2 Å². The van der Waals surface area contributed by atoms with E-state index >= 15 is 0 Å². The summed E-state index contributed by atoms with van der Waals surface area (Å²) in [5, 5.41) is -0.141. The lowest BCUT2D eigenvalue weighted by atomic mass is 10.2. The number of hydrogen-bond acceptors (Lipinski definition) is 2. The molecule has 0 amide bonds. The second kappa shape index (κ2) is 5.85. The van der Waals surface area contributed by atoms with Crippen LogP contribution in [-0.4, -0.2) is 4.21 Å². The summed E-state index contributed by atoms with van der Waals surface area (Å²) in [5.41, 5.74) is 5.17. The van der Waals surface area contributed by atoms with Gasteiger partial charge in [-0.15, -0.1) is 0 Å². The van der Waals surface area contributed by atoms with E-state index in [9.17, 15) is 17.4 Å². The second-order valence-electron chi connectivity index (χ2n) is 4.02. The topological polar surface area (TPSA) is 43.1 Å². The van der Waals surface area contributed by atoms with Crippen LogP contribution in [0.5, 0.6) is 0 Å². The summed E-state index contributed by atoms with van der Waals surface area (Å²) in [4.78, 5) is -0.626. The highest BCUT2D eigenvalue weighted by Gasteiger charge is 2.19. The maximum atomic E-state index is 13.7. The molecule has 0 fully saturated rings. The first-order chi connectivity index (χ1) is 9.40. The van der Waals surface area contributed by atoms with Crippen molar-refractivity contribution < 1.29 is 17.4 Å². The Kier molecular flexibility index (Phi) is 4.35. The van der Waals surface area contributed by atoms with E-state index in [1.807, 2.05) is 0 Å². The van der Waals surface area contributed by atoms with Gasteiger partial charge in [-0.3, -0.25) is 4.21 Å². The van der Waals surface area contributed by atoms with Crippen molar-refractivity contribution in [1.82, 2.24) is 0 Å². The van der Waals surface area contributed by atoms with Crippen molar-refractivity contribution in [3.63, 3.8) is 0 Å². The smallest absolute Gasteiger partial charge is 0.145 e. The molecule has 0 bridgehead atoms. The summed E-state index contributed by atoms with van der Waals surface area (Å²) in [6.07, 6.45) is 0. The summed E-state index contributed by atoms with van der Waals surface area (Å²) in [5.74, 6) is -3.19. The van der Waals surface area contributed by atoms with E-state index in [2.05, 4.69) is 0 Å². The summed E-state index contributed by atoms with van der Waals surface area (Å²) in [6, 6.07) is 5.88. The van der Waals surface area contributed by atoms with Gasteiger partial charge in [0.2, 0.25) is 0 Å². The number of halogens is 4. The molecule has 2 aromatic carbocycles. The van der Waals surface area contributed by atoms with E-state index in [1.54, 1.807) is 0 Å². The third-order valence-electron chi connectivity index (χ3n) is 2.57. The minimum Gasteiger partial charge on any atom is -0.399 e. The molecule has 0 aliphatic heterocycles. The van der Waals surface area contributed by atoms with Gasteiger partial charge >= 0.3 is 0 Å². The summed E-state index contributed by atoms with van der Waals surface area (Å²) < 4.78 is 52.9. The highest BCUT2D eigenvalue weighted by atomic mass is 35.5. The quantitative estimate of drug-likeness (QED) is 0.878. The molecule has 0 aromatic heterocycles. The van der Waals surface area contributed by atoms with Gasteiger partial charge in [0.1, 0.15) is 22.3 Å². The zero-order chi connectivity index (χ0) is 14.9. The molecule has 106 valence electrons. The van der Waals surface area contributed by atoms with Crippen LogP contribution in [0.15, 0.2) is 35.2 Å². The van der Waals surface area contributed by atoms with E-state index in [0.29, 0.717) is 0 Å². The fourth-order valence-corrected chi connectivity index (χ4v) is 3.07. The molecule has 2 N–H and O–H groups in total. The van der Waals surface area contributed by atoms with Crippen LogP contribution in [0.4, 0.5) is 18.9 Å². The molecule has 0 spiro atoms. The van der Waals surface area contributed by atoms with E-state index in [1.165, 1.54) is 18.2 Å². The Morgan fingerprint density at radius 3 is 2.35 bits per heavy atom. The first-order valence-corrected chi connectivity index (χ1v) is 7.15. The van der Waals surface area contributed by atoms with Crippen molar-refractivity contribution in [2.24, 2.45) is 0 Å². The zero-order valence-electron chi connectivity index (χ0n) is 10.00. The molecule has 0 heterocycles. The zero-order valence-corrected chi connectivity index (χ0v) is 11.6. The summed E-state index contributed by atoms with van der Waals surface area (Å²) >= 11 is 5.59. The summed E-state index contributed by atoms with van der Waals surface area (Å²) in [6.45, 7) is 0.